The number of hydrogen-bond donors (Lipinski definition) is 1. The second-order valence-electron chi connectivity index (χ2n) is 4.47. The van der Waals surface area contributed by atoms with E-state index >= 15 is 0 Å². The molecule has 1 atom stereocenters. The molecule has 0 bridgehead atoms. The molecule has 1 unspecified atom stereocenters. The van der Waals surface area contributed by atoms with E-state index < -0.39 is 0 Å². The molecule has 17 heavy (non-hydrogen) atoms. The number of nitrogens with one attached hydrogen (secondary N) is 1. The highest BCUT2D eigenvalue weighted by molar-refractivity contribution is 5.42. The van der Waals surface area contributed by atoms with Crippen molar-refractivity contribution in [3.8, 4) is 5.88 Å². The molecule has 1 aromatic rings. The van der Waals surface area contributed by atoms with Crippen molar-refractivity contribution in [1.82, 2.24) is 4.98 Å². The van der Waals surface area contributed by atoms with Crippen LogP contribution in [0.25, 0.3) is 0 Å². The predicted octanol–water partition coefficient (Wildman–Crippen LogP) is 2.32. The first-order valence-corrected chi connectivity index (χ1v) is 6.14. The van der Waals surface area contributed by atoms with Gasteiger partial charge < -0.3 is 14.8 Å². The average Bonchev–Trinajstić information content (AvgIpc) is 2.40. The Hall–Kier alpha value is -1.29. The van der Waals surface area contributed by atoms with Crippen molar-refractivity contribution >= 4 is 5.69 Å². The Bertz CT molecular complexity index is 334. The fourth-order valence-corrected chi connectivity index (χ4v) is 2.18. The van der Waals surface area contributed by atoms with Crippen LogP contribution in [0.4, 0.5) is 5.69 Å². The first-order chi connectivity index (χ1) is 8.29. The second-order valence-corrected chi connectivity index (χ2v) is 4.47. The summed E-state index contributed by atoms with van der Waals surface area (Å²) in [6, 6.07) is 4.33. The van der Waals surface area contributed by atoms with Gasteiger partial charge in [-0.25, -0.2) is 4.98 Å². The zero-order valence-corrected chi connectivity index (χ0v) is 10.5. The van der Waals surface area contributed by atoms with Crippen LogP contribution in [0.2, 0.25) is 0 Å². The van der Waals surface area contributed by atoms with Crippen LogP contribution in [0.3, 0.4) is 0 Å². The Morgan fingerprint density at radius 2 is 2.18 bits per heavy atom. The molecule has 0 amide bonds. The SMILES string of the molecule is COc1ccc(NC(C)C2CCOCC2)cn1. The first-order valence-electron chi connectivity index (χ1n) is 6.14. The summed E-state index contributed by atoms with van der Waals surface area (Å²) in [5.41, 5.74) is 1.05. The normalized spacial score (nSPS) is 18.7. The number of aromatic nitrogens is 1. The standard InChI is InChI=1S/C13H20N2O2/c1-10(11-5-7-17-8-6-11)15-12-3-4-13(16-2)14-9-12/h3-4,9-11,15H,5-8H2,1-2H3. The van der Waals surface area contributed by atoms with Gasteiger partial charge in [0.2, 0.25) is 5.88 Å². The lowest BCUT2D eigenvalue weighted by Gasteiger charge is -2.28. The number of ether oxygens (including phenoxy) is 2. The topological polar surface area (TPSA) is 43.4 Å². The van der Waals surface area contributed by atoms with Crippen LogP contribution in [0.15, 0.2) is 18.3 Å². The lowest BCUT2D eigenvalue weighted by atomic mass is 9.93. The summed E-state index contributed by atoms with van der Waals surface area (Å²) in [5.74, 6) is 1.33. The number of hydrogen-bond acceptors (Lipinski definition) is 4. The van der Waals surface area contributed by atoms with Gasteiger partial charge in [-0.05, 0) is 31.7 Å². The number of nitrogens with zero attached hydrogens (tertiary/aromatic N) is 1. The van der Waals surface area contributed by atoms with Crippen molar-refractivity contribution in [1.29, 1.82) is 0 Å². The summed E-state index contributed by atoms with van der Waals surface area (Å²) in [6.07, 6.45) is 4.09. The van der Waals surface area contributed by atoms with Crippen LogP contribution in [-0.4, -0.2) is 31.3 Å². The summed E-state index contributed by atoms with van der Waals surface area (Å²) >= 11 is 0. The van der Waals surface area contributed by atoms with Gasteiger partial charge in [0.1, 0.15) is 0 Å². The Morgan fingerprint density at radius 1 is 1.41 bits per heavy atom. The fourth-order valence-electron chi connectivity index (χ4n) is 2.18. The minimum absolute atomic E-state index is 0.453. The largest absolute Gasteiger partial charge is 0.481 e. The van der Waals surface area contributed by atoms with Gasteiger partial charge in [-0.3, -0.25) is 0 Å². The quantitative estimate of drug-likeness (QED) is 0.871. The highest BCUT2D eigenvalue weighted by atomic mass is 16.5. The number of rotatable bonds is 4. The Morgan fingerprint density at radius 3 is 2.76 bits per heavy atom. The van der Waals surface area contributed by atoms with E-state index in [4.69, 9.17) is 9.47 Å². The molecule has 0 aliphatic carbocycles. The van der Waals surface area contributed by atoms with Gasteiger partial charge >= 0.3 is 0 Å². The highest BCUT2D eigenvalue weighted by Gasteiger charge is 2.20. The molecule has 1 aliphatic rings. The maximum absolute atomic E-state index is 5.37. The Balaban J connectivity index is 1.89. The van der Waals surface area contributed by atoms with E-state index in [0.29, 0.717) is 17.8 Å². The second kappa shape index (κ2) is 5.87. The lowest BCUT2D eigenvalue weighted by molar-refractivity contribution is 0.0622. The van der Waals surface area contributed by atoms with E-state index in [1.807, 2.05) is 18.3 Å². The monoisotopic (exact) mass is 236 g/mol. The van der Waals surface area contributed by atoms with Crippen LogP contribution in [0.1, 0.15) is 19.8 Å². The molecule has 0 spiro atoms. The number of methoxy groups -OCH3 is 1. The van der Waals surface area contributed by atoms with Crippen molar-refractivity contribution in [3.63, 3.8) is 0 Å². The van der Waals surface area contributed by atoms with E-state index in [0.717, 1.165) is 31.7 Å². The number of anilines is 1. The van der Waals surface area contributed by atoms with Gasteiger partial charge in [0.25, 0.3) is 0 Å². The Labute approximate surface area is 102 Å². The maximum Gasteiger partial charge on any atom is 0.213 e. The predicted molar refractivity (Wildman–Crippen MR) is 67.4 cm³/mol. The Kier molecular flexibility index (Phi) is 4.20. The molecule has 2 heterocycles. The minimum Gasteiger partial charge on any atom is -0.481 e. The lowest BCUT2D eigenvalue weighted by Crippen LogP contribution is -2.30. The molecule has 2 rings (SSSR count). The van der Waals surface area contributed by atoms with E-state index in [1.165, 1.54) is 0 Å². The van der Waals surface area contributed by atoms with E-state index in [9.17, 15) is 0 Å². The molecule has 0 saturated carbocycles. The third-order valence-corrected chi connectivity index (χ3v) is 3.31. The average molecular weight is 236 g/mol. The maximum atomic E-state index is 5.37. The summed E-state index contributed by atoms with van der Waals surface area (Å²) < 4.78 is 10.4. The molecular formula is C13H20N2O2. The summed E-state index contributed by atoms with van der Waals surface area (Å²) in [7, 11) is 1.63. The zero-order valence-electron chi connectivity index (χ0n) is 10.5. The van der Waals surface area contributed by atoms with Gasteiger partial charge in [-0.15, -0.1) is 0 Å². The molecule has 1 N–H and O–H groups in total. The molecule has 0 aromatic carbocycles. The molecule has 1 aliphatic heterocycles. The third kappa shape index (κ3) is 3.33. The van der Waals surface area contributed by atoms with Crippen LogP contribution < -0.4 is 10.1 Å². The van der Waals surface area contributed by atoms with Crippen LogP contribution >= 0.6 is 0 Å². The van der Waals surface area contributed by atoms with Crippen LogP contribution in [-0.2, 0) is 4.74 Å². The molecule has 1 fully saturated rings. The molecule has 4 heteroatoms. The van der Waals surface area contributed by atoms with Crippen molar-refractivity contribution in [3.05, 3.63) is 18.3 Å². The van der Waals surface area contributed by atoms with Gasteiger partial charge in [0, 0.05) is 25.3 Å². The first kappa shape index (κ1) is 12.2. The zero-order chi connectivity index (χ0) is 12.1. The molecule has 4 nitrogen and oxygen atoms in total. The van der Waals surface area contributed by atoms with Crippen LogP contribution in [0.5, 0.6) is 5.88 Å². The third-order valence-electron chi connectivity index (χ3n) is 3.31. The minimum atomic E-state index is 0.453. The van der Waals surface area contributed by atoms with Gasteiger partial charge in [0.05, 0.1) is 19.0 Å². The fraction of sp³-hybridized carbons (Fsp3) is 0.615. The molecule has 94 valence electrons. The van der Waals surface area contributed by atoms with E-state index in [-0.39, 0.29) is 0 Å². The molecule has 0 radical (unpaired) electrons. The van der Waals surface area contributed by atoms with Crippen LogP contribution in [0, 0.1) is 5.92 Å². The molecular weight excluding hydrogens is 216 g/mol. The number of pyridine rings is 1. The summed E-state index contributed by atoms with van der Waals surface area (Å²) in [4.78, 5) is 4.19. The van der Waals surface area contributed by atoms with Crippen molar-refractivity contribution in [2.75, 3.05) is 25.6 Å². The molecule has 1 aromatic heterocycles. The summed E-state index contributed by atoms with van der Waals surface area (Å²) in [6.45, 7) is 4.00. The van der Waals surface area contributed by atoms with Crippen molar-refractivity contribution in [2.45, 2.75) is 25.8 Å². The highest BCUT2D eigenvalue weighted by Crippen LogP contribution is 2.22. The summed E-state index contributed by atoms with van der Waals surface area (Å²) in [5, 5.41) is 3.49. The van der Waals surface area contributed by atoms with E-state index in [2.05, 4.69) is 17.2 Å². The van der Waals surface area contributed by atoms with Gasteiger partial charge in [-0.2, -0.15) is 0 Å². The van der Waals surface area contributed by atoms with Crippen molar-refractivity contribution in [2.24, 2.45) is 5.92 Å². The van der Waals surface area contributed by atoms with Gasteiger partial charge in [0.15, 0.2) is 0 Å². The van der Waals surface area contributed by atoms with Gasteiger partial charge in [-0.1, -0.05) is 0 Å². The smallest absolute Gasteiger partial charge is 0.213 e. The van der Waals surface area contributed by atoms with E-state index in [1.54, 1.807) is 7.11 Å². The molecule has 1 saturated heterocycles. The van der Waals surface area contributed by atoms with Crippen molar-refractivity contribution < 1.29 is 9.47 Å².